The molecule has 0 saturated heterocycles. The van der Waals surface area contributed by atoms with Crippen molar-refractivity contribution in [2.45, 2.75) is 51.5 Å². The van der Waals surface area contributed by atoms with Gasteiger partial charge in [0, 0.05) is 18.5 Å². The summed E-state index contributed by atoms with van der Waals surface area (Å²) in [5, 5.41) is 11.7. The molecule has 1 atom stereocenters. The number of carboxylic acid groups (broad SMARTS) is 1. The number of nitrogens with one attached hydrogen (secondary N) is 1. The molecular weight excluding hydrogens is 232 g/mol. The Hall–Kier alpha value is -1.10. The summed E-state index contributed by atoms with van der Waals surface area (Å²) in [7, 11) is 0. The standard InChI is InChI=1S/C13H24N2O3/c1-9(2)10(12(17)18)8-15-11(16)7-13(14)5-3-4-6-13/h9-10H,3-8,14H2,1-2H3,(H,15,16)(H,17,18). The zero-order valence-electron chi connectivity index (χ0n) is 11.2. The van der Waals surface area contributed by atoms with Crippen LogP contribution in [0.25, 0.3) is 0 Å². The lowest BCUT2D eigenvalue weighted by molar-refractivity contribution is -0.143. The number of rotatable bonds is 6. The molecule has 1 aliphatic rings. The molecule has 1 amide bonds. The van der Waals surface area contributed by atoms with Gasteiger partial charge in [-0.25, -0.2) is 0 Å². The minimum atomic E-state index is -0.867. The minimum Gasteiger partial charge on any atom is -0.481 e. The van der Waals surface area contributed by atoms with Crippen LogP contribution in [0.4, 0.5) is 0 Å². The summed E-state index contributed by atoms with van der Waals surface area (Å²) in [4.78, 5) is 22.8. The van der Waals surface area contributed by atoms with Crippen molar-refractivity contribution >= 4 is 11.9 Å². The van der Waals surface area contributed by atoms with Crippen LogP contribution in [0.3, 0.4) is 0 Å². The van der Waals surface area contributed by atoms with Crippen LogP contribution in [0.1, 0.15) is 46.0 Å². The van der Waals surface area contributed by atoms with Crippen LogP contribution >= 0.6 is 0 Å². The molecule has 0 aromatic heterocycles. The van der Waals surface area contributed by atoms with Gasteiger partial charge in [0.2, 0.25) is 5.91 Å². The van der Waals surface area contributed by atoms with E-state index in [1.54, 1.807) is 0 Å². The van der Waals surface area contributed by atoms with E-state index in [1.807, 2.05) is 13.8 Å². The first-order valence-electron chi connectivity index (χ1n) is 6.62. The Balaban J connectivity index is 2.38. The van der Waals surface area contributed by atoms with Gasteiger partial charge in [0.25, 0.3) is 0 Å². The third kappa shape index (κ3) is 4.29. The van der Waals surface area contributed by atoms with E-state index in [0.29, 0.717) is 6.42 Å². The topological polar surface area (TPSA) is 92.4 Å². The minimum absolute atomic E-state index is 0.00103. The first-order valence-corrected chi connectivity index (χ1v) is 6.62. The Morgan fingerprint density at radius 3 is 2.33 bits per heavy atom. The van der Waals surface area contributed by atoms with Crippen molar-refractivity contribution in [3.8, 4) is 0 Å². The number of carbonyl (C=O) groups excluding carboxylic acids is 1. The average Bonchev–Trinajstić information content (AvgIpc) is 2.63. The van der Waals surface area contributed by atoms with E-state index in [1.165, 1.54) is 0 Å². The Morgan fingerprint density at radius 2 is 1.89 bits per heavy atom. The Labute approximate surface area is 108 Å². The molecule has 1 fully saturated rings. The molecule has 5 heteroatoms. The second-order valence-corrected chi connectivity index (χ2v) is 5.74. The number of hydrogen-bond donors (Lipinski definition) is 3. The molecule has 104 valence electrons. The predicted molar refractivity (Wildman–Crippen MR) is 69.0 cm³/mol. The van der Waals surface area contributed by atoms with Crippen LogP contribution in [-0.4, -0.2) is 29.1 Å². The smallest absolute Gasteiger partial charge is 0.308 e. The van der Waals surface area contributed by atoms with Crippen molar-refractivity contribution in [3.05, 3.63) is 0 Å². The van der Waals surface area contributed by atoms with Gasteiger partial charge in [0.15, 0.2) is 0 Å². The Morgan fingerprint density at radius 1 is 1.33 bits per heavy atom. The highest BCUT2D eigenvalue weighted by Gasteiger charge is 2.32. The number of hydrogen-bond acceptors (Lipinski definition) is 3. The lowest BCUT2D eigenvalue weighted by Gasteiger charge is -2.23. The van der Waals surface area contributed by atoms with Gasteiger partial charge >= 0.3 is 5.97 Å². The second kappa shape index (κ2) is 6.18. The van der Waals surface area contributed by atoms with Crippen LogP contribution in [0, 0.1) is 11.8 Å². The molecule has 4 N–H and O–H groups in total. The number of nitrogens with two attached hydrogens (primary N) is 1. The summed E-state index contributed by atoms with van der Waals surface area (Å²) in [5.74, 6) is -1.53. The van der Waals surface area contributed by atoms with Gasteiger partial charge in [-0.1, -0.05) is 26.7 Å². The second-order valence-electron chi connectivity index (χ2n) is 5.74. The highest BCUT2D eigenvalue weighted by Crippen LogP contribution is 2.29. The zero-order valence-corrected chi connectivity index (χ0v) is 11.2. The average molecular weight is 256 g/mol. The quantitative estimate of drug-likeness (QED) is 0.664. The van der Waals surface area contributed by atoms with Crippen molar-refractivity contribution in [2.75, 3.05) is 6.54 Å². The van der Waals surface area contributed by atoms with Crippen LogP contribution in [0.2, 0.25) is 0 Å². The molecular formula is C13H24N2O3. The summed E-state index contributed by atoms with van der Waals surface area (Å²) in [6.45, 7) is 3.86. The maximum absolute atomic E-state index is 11.8. The molecule has 0 aromatic carbocycles. The maximum atomic E-state index is 11.8. The SMILES string of the molecule is CC(C)C(CNC(=O)CC1(N)CCCC1)C(=O)O. The monoisotopic (exact) mass is 256 g/mol. The fourth-order valence-corrected chi connectivity index (χ4v) is 2.47. The summed E-state index contributed by atoms with van der Waals surface area (Å²) < 4.78 is 0. The van der Waals surface area contributed by atoms with E-state index in [2.05, 4.69) is 5.32 Å². The van der Waals surface area contributed by atoms with Crippen molar-refractivity contribution in [1.82, 2.24) is 5.32 Å². The van der Waals surface area contributed by atoms with Crippen molar-refractivity contribution in [3.63, 3.8) is 0 Å². The maximum Gasteiger partial charge on any atom is 0.308 e. The number of carboxylic acids is 1. The predicted octanol–water partition coefficient (Wildman–Crippen LogP) is 1.12. The van der Waals surface area contributed by atoms with E-state index >= 15 is 0 Å². The van der Waals surface area contributed by atoms with Gasteiger partial charge in [0.05, 0.1) is 5.92 Å². The number of aliphatic carboxylic acids is 1. The van der Waals surface area contributed by atoms with Gasteiger partial charge < -0.3 is 16.2 Å². The van der Waals surface area contributed by atoms with E-state index < -0.39 is 11.9 Å². The third-order valence-corrected chi connectivity index (χ3v) is 3.75. The highest BCUT2D eigenvalue weighted by atomic mass is 16.4. The van der Waals surface area contributed by atoms with E-state index in [-0.39, 0.29) is 23.9 Å². The molecule has 18 heavy (non-hydrogen) atoms. The zero-order chi connectivity index (χ0) is 13.8. The van der Waals surface area contributed by atoms with E-state index in [0.717, 1.165) is 25.7 Å². The molecule has 1 rings (SSSR count). The normalized spacial score (nSPS) is 19.8. The summed E-state index contributed by atoms with van der Waals surface area (Å²) in [5.41, 5.74) is 5.73. The van der Waals surface area contributed by atoms with Crippen molar-refractivity contribution in [1.29, 1.82) is 0 Å². The van der Waals surface area contributed by atoms with Crippen molar-refractivity contribution < 1.29 is 14.7 Å². The molecule has 1 aliphatic carbocycles. The van der Waals surface area contributed by atoms with Crippen molar-refractivity contribution in [2.24, 2.45) is 17.6 Å². The summed E-state index contributed by atoms with van der Waals surface area (Å²) in [6, 6.07) is 0. The van der Waals surface area contributed by atoms with E-state index in [4.69, 9.17) is 10.8 Å². The molecule has 1 unspecified atom stereocenters. The largest absolute Gasteiger partial charge is 0.481 e. The molecule has 0 bridgehead atoms. The molecule has 0 spiro atoms. The van der Waals surface area contributed by atoms with Crippen LogP contribution in [0.15, 0.2) is 0 Å². The van der Waals surface area contributed by atoms with Gasteiger partial charge in [-0.15, -0.1) is 0 Å². The van der Waals surface area contributed by atoms with Gasteiger partial charge in [-0.3, -0.25) is 9.59 Å². The van der Waals surface area contributed by atoms with Gasteiger partial charge in [-0.05, 0) is 18.8 Å². The molecule has 5 nitrogen and oxygen atoms in total. The fraction of sp³-hybridized carbons (Fsp3) is 0.846. The lowest BCUT2D eigenvalue weighted by Crippen LogP contribution is -2.44. The molecule has 0 aliphatic heterocycles. The molecule has 1 saturated carbocycles. The van der Waals surface area contributed by atoms with Crippen LogP contribution in [0.5, 0.6) is 0 Å². The van der Waals surface area contributed by atoms with E-state index in [9.17, 15) is 9.59 Å². The van der Waals surface area contributed by atoms with Gasteiger partial charge in [0.1, 0.15) is 0 Å². The van der Waals surface area contributed by atoms with Gasteiger partial charge in [-0.2, -0.15) is 0 Å². The number of carbonyl (C=O) groups is 2. The first-order chi connectivity index (χ1) is 8.34. The first kappa shape index (κ1) is 15.0. The van der Waals surface area contributed by atoms with Crippen LogP contribution in [-0.2, 0) is 9.59 Å². The molecule has 0 heterocycles. The molecule has 0 radical (unpaired) electrons. The summed E-state index contributed by atoms with van der Waals surface area (Å²) in [6.07, 6.45) is 4.22. The Kier molecular flexibility index (Phi) is 5.14. The van der Waals surface area contributed by atoms with Crippen LogP contribution < -0.4 is 11.1 Å². The number of amides is 1. The summed E-state index contributed by atoms with van der Waals surface area (Å²) >= 11 is 0. The Bertz CT molecular complexity index is 309. The lowest BCUT2D eigenvalue weighted by atomic mass is 9.93. The highest BCUT2D eigenvalue weighted by molar-refractivity contribution is 5.78. The molecule has 0 aromatic rings. The third-order valence-electron chi connectivity index (χ3n) is 3.75. The fourth-order valence-electron chi connectivity index (χ4n) is 2.47.